The second-order valence-corrected chi connectivity index (χ2v) is 10.6. The molecule has 3 aromatic rings. The van der Waals surface area contributed by atoms with Crippen LogP contribution in [0.15, 0.2) is 60.7 Å². The van der Waals surface area contributed by atoms with E-state index in [-0.39, 0.29) is 19.2 Å². The van der Waals surface area contributed by atoms with Crippen molar-refractivity contribution >= 4 is 11.6 Å². The summed E-state index contributed by atoms with van der Waals surface area (Å²) in [7, 11) is 2.07. The van der Waals surface area contributed by atoms with Gasteiger partial charge in [-0.3, -0.25) is 4.79 Å². The van der Waals surface area contributed by atoms with E-state index in [0.717, 1.165) is 54.3 Å². The molecule has 2 unspecified atom stereocenters. The summed E-state index contributed by atoms with van der Waals surface area (Å²) in [5, 5.41) is 14.6. The van der Waals surface area contributed by atoms with Gasteiger partial charge in [-0.15, -0.1) is 0 Å². The third kappa shape index (κ3) is 3.51. The van der Waals surface area contributed by atoms with Gasteiger partial charge in [-0.2, -0.15) is 0 Å². The van der Waals surface area contributed by atoms with Crippen molar-refractivity contribution in [3.63, 3.8) is 0 Å². The average molecular weight is 500 g/mol. The van der Waals surface area contributed by atoms with Crippen LogP contribution in [-0.4, -0.2) is 68.9 Å². The number of nitrogens with zero attached hydrogens (tertiary/aromatic N) is 3. The Hall–Kier alpha value is -3.59. The molecule has 190 valence electrons. The first kappa shape index (κ1) is 22.6. The van der Waals surface area contributed by atoms with Crippen LogP contribution >= 0.6 is 0 Å². The molecule has 0 N–H and O–H groups in total. The summed E-state index contributed by atoms with van der Waals surface area (Å²) in [6, 6.07) is 19.3. The number of ether oxygens (including phenoxy) is 3. The molecule has 0 saturated carbocycles. The zero-order valence-corrected chi connectivity index (χ0v) is 20.8. The number of amides is 1. The first-order valence-corrected chi connectivity index (χ1v) is 12.8. The van der Waals surface area contributed by atoms with Crippen molar-refractivity contribution in [2.24, 2.45) is 0 Å². The van der Waals surface area contributed by atoms with Crippen LogP contribution in [0.2, 0.25) is 0 Å². The van der Waals surface area contributed by atoms with E-state index >= 15 is 0 Å². The lowest BCUT2D eigenvalue weighted by Gasteiger charge is -2.40. The van der Waals surface area contributed by atoms with E-state index in [1.54, 1.807) is 0 Å². The van der Waals surface area contributed by atoms with Gasteiger partial charge in [0.15, 0.2) is 11.5 Å². The summed E-state index contributed by atoms with van der Waals surface area (Å²) >= 11 is 0. The quantitative estimate of drug-likeness (QED) is 0.406. The Morgan fingerprint density at radius 1 is 0.919 bits per heavy atom. The van der Waals surface area contributed by atoms with Crippen molar-refractivity contribution in [2.45, 2.75) is 12.0 Å². The number of hydroxylamine groups is 2. The number of benzene rings is 3. The number of likely N-dealkylation sites (N-methyl/N-ethyl adjacent to an activating group) is 1. The van der Waals surface area contributed by atoms with E-state index in [1.165, 1.54) is 0 Å². The SMILES string of the molecule is CN1CCN(C(=O)c2cccc(C[N+]3([O-])CC4(COc5cc6c(cc54)OCO6)c4ccccc43)c2)CC1. The molecule has 37 heavy (non-hydrogen) atoms. The molecule has 2 atom stereocenters. The van der Waals surface area contributed by atoms with Gasteiger partial charge in [0.1, 0.15) is 36.5 Å². The van der Waals surface area contributed by atoms with Crippen LogP contribution in [0.25, 0.3) is 0 Å². The summed E-state index contributed by atoms with van der Waals surface area (Å²) in [6.45, 7) is 4.31. The second kappa shape index (κ2) is 8.21. The van der Waals surface area contributed by atoms with Crippen molar-refractivity contribution in [3.8, 4) is 17.2 Å². The van der Waals surface area contributed by atoms with Crippen LogP contribution < -0.4 is 18.9 Å². The molecule has 1 amide bonds. The molecule has 8 heteroatoms. The van der Waals surface area contributed by atoms with Crippen LogP contribution in [-0.2, 0) is 12.0 Å². The number of quaternary nitrogens is 1. The minimum atomic E-state index is -0.568. The van der Waals surface area contributed by atoms with E-state index < -0.39 is 10.1 Å². The molecule has 0 aliphatic carbocycles. The van der Waals surface area contributed by atoms with Gasteiger partial charge < -0.3 is 33.9 Å². The van der Waals surface area contributed by atoms with E-state index in [4.69, 9.17) is 14.2 Å². The van der Waals surface area contributed by atoms with Crippen LogP contribution in [0, 0.1) is 5.21 Å². The van der Waals surface area contributed by atoms with Gasteiger partial charge >= 0.3 is 0 Å². The lowest BCUT2D eigenvalue weighted by Crippen LogP contribution is -2.47. The van der Waals surface area contributed by atoms with Crippen molar-refractivity contribution in [3.05, 3.63) is 88.1 Å². The molecule has 0 aromatic heterocycles. The third-order valence-corrected chi connectivity index (χ3v) is 8.25. The number of para-hydroxylation sites is 1. The third-order valence-electron chi connectivity index (χ3n) is 8.25. The summed E-state index contributed by atoms with van der Waals surface area (Å²) < 4.78 is 16.8. The van der Waals surface area contributed by atoms with Crippen molar-refractivity contribution in [1.82, 2.24) is 14.4 Å². The molecule has 3 aromatic carbocycles. The maximum absolute atomic E-state index is 14.6. The molecule has 4 aliphatic heterocycles. The van der Waals surface area contributed by atoms with E-state index in [9.17, 15) is 10.0 Å². The molecule has 1 fully saturated rings. The van der Waals surface area contributed by atoms with Crippen molar-refractivity contribution < 1.29 is 19.0 Å². The highest BCUT2D eigenvalue weighted by Crippen LogP contribution is 2.56. The van der Waals surface area contributed by atoms with Gasteiger partial charge in [0.05, 0.1) is 0 Å². The maximum Gasteiger partial charge on any atom is 0.253 e. The maximum atomic E-state index is 14.6. The number of fused-ring (bicyclic) bond motifs is 5. The molecule has 1 saturated heterocycles. The number of rotatable bonds is 3. The van der Waals surface area contributed by atoms with Gasteiger partial charge in [0.2, 0.25) is 6.79 Å². The van der Waals surface area contributed by atoms with E-state index in [0.29, 0.717) is 30.2 Å². The molecule has 1 spiro atoms. The Labute approximate surface area is 215 Å². The smallest absolute Gasteiger partial charge is 0.253 e. The predicted molar refractivity (Wildman–Crippen MR) is 139 cm³/mol. The van der Waals surface area contributed by atoms with Gasteiger partial charge in [0, 0.05) is 54.5 Å². The highest BCUT2D eigenvalue weighted by Gasteiger charge is 2.56. The molecule has 4 heterocycles. The monoisotopic (exact) mass is 499 g/mol. The second-order valence-electron chi connectivity index (χ2n) is 10.6. The van der Waals surface area contributed by atoms with Crippen molar-refractivity contribution in [1.29, 1.82) is 0 Å². The lowest BCUT2D eigenvalue weighted by molar-refractivity contribution is 0.0664. The Kier molecular flexibility index (Phi) is 5.01. The highest BCUT2D eigenvalue weighted by molar-refractivity contribution is 5.94. The summed E-state index contributed by atoms with van der Waals surface area (Å²) in [6.07, 6.45) is 0. The minimum Gasteiger partial charge on any atom is -0.627 e. The summed E-state index contributed by atoms with van der Waals surface area (Å²) in [5.41, 5.74) is 3.63. The Morgan fingerprint density at radius 2 is 1.70 bits per heavy atom. The molecule has 0 radical (unpaired) electrons. The Bertz CT molecular complexity index is 1400. The fourth-order valence-corrected chi connectivity index (χ4v) is 6.32. The molecule has 4 aliphatic rings. The van der Waals surface area contributed by atoms with Gasteiger partial charge in [0.25, 0.3) is 5.91 Å². The zero-order valence-electron chi connectivity index (χ0n) is 20.8. The largest absolute Gasteiger partial charge is 0.627 e. The Morgan fingerprint density at radius 3 is 2.54 bits per heavy atom. The van der Waals surface area contributed by atoms with E-state index in [1.807, 2.05) is 65.6 Å². The number of carbonyl (C=O) groups excluding carboxylic acids is 1. The van der Waals surface area contributed by atoms with Gasteiger partial charge in [-0.1, -0.05) is 30.3 Å². The standard InChI is InChI=1S/C29H29N3O5/c1-30-9-11-31(12-10-30)28(33)21-6-4-5-20(13-21)16-32(34)17-29(22-7-2-3-8-24(22)32)18-35-25-15-27-26(14-23(25)29)36-19-37-27/h2-8,13-15H,9-12,16-19H2,1H3. The van der Waals surface area contributed by atoms with E-state index in [2.05, 4.69) is 11.9 Å². The topological polar surface area (TPSA) is 74.3 Å². The lowest BCUT2D eigenvalue weighted by atomic mass is 9.77. The normalized spacial score (nSPS) is 25.7. The minimum absolute atomic E-state index is 0.0277. The van der Waals surface area contributed by atoms with Crippen LogP contribution in [0.4, 0.5) is 5.69 Å². The first-order valence-electron chi connectivity index (χ1n) is 12.8. The summed E-state index contributed by atoms with van der Waals surface area (Å²) in [5.74, 6) is 2.13. The van der Waals surface area contributed by atoms with Gasteiger partial charge in [-0.25, -0.2) is 0 Å². The van der Waals surface area contributed by atoms with Crippen LogP contribution in [0.3, 0.4) is 0 Å². The average Bonchev–Trinajstić information content (AvgIpc) is 3.58. The fraction of sp³-hybridized carbons (Fsp3) is 0.345. The van der Waals surface area contributed by atoms with Gasteiger partial charge in [-0.05, 0) is 31.3 Å². The number of carbonyl (C=O) groups is 1. The first-order chi connectivity index (χ1) is 18.0. The highest BCUT2D eigenvalue weighted by atomic mass is 16.7. The molecular formula is C29H29N3O5. The number of hydrogen-bond donors (Lipinski definition) is 0. The fourth-order valence-electron chi connectivity index (χ4n) is 6.32. The predicted octanol–water partition coefficient (Wildman–Crippen LogP) is 3.50. The molecule has 8 nitrogen and oxygen atoms in total. The molecular weight excluding hydrogens is 470 g/mol. The van der Waals surface area contributed by atoms with Crippen molar-refractivity contribution in [2.75, 3.05) is 53.2 Å². The zero-order chi connectivity index (χ0) is 25.2. The van der Waals surface area contributed by atoms with Crippen LogP contribution in [0.5, 0.6) is 17.2 Å². The molecule has 7 rings (SSSR count). The number of piperazine rings is 1. The molecule has 0 bridgehead atoms. The summed E-state index contributed by atoms with van der Waals surface area (Å²) in [4.78, 5) is 17.3. The number of hydrogen-bond acceptors (Lipinski definition) is 6. The van der Waals surface area contributed by atoms with Crippen LogP contribution in [0.1, 0.15) is 27.0 Å². The Balaban J connectivity index is 1.22.